The summed E-state index contributed by atoms with van der Waals surface area (Å²) >= 11 is 1.81. The maximum atomic E-state index is 13.1. The van der Waals surface area contributed by atoms with Gasteiger partial charge in [-0.3, -0.25) is 4.79 Å². The second-order valence-electron chi connectivity index (χ2n) is 7.43. The molecule has 0 spiro atoms. The molecular formula is C21H22N4OS. The summed E-state index contributed by atoms with van der Waals surface area (Å²) < 4.78 is 0. The molecule has 1 atom stereocenters. The number of anilines is 1. The number of thiophene rings is 1. The topological polar surface area (TPSA) is 49.3 Å². The lowest BCUT2D eigenvalue weighted by Gasteiger charge is -2.29. The van der Waals surface area contributed by atoms with E-state index in [0.29, 0.717) is 5.91 Å². The molecule has 3 aromatic rings. The van der Waals surface area contributed by atoms with Crippen LogP contribution in [0.3, 0.4) is 0 Å². The summed E-state index contributed by atoms with van der Waals surface area (Å²) in [7, 11) is 0. The molecule has 0 saturated carbocycles. The van der Waals surface area contributed by atoms with E-state index in [4.69, 9.17) is 9.97 Å². The third-order valence-electron chi connectivity index (χ3n) is 5.68. The first-order chi connectivity index (χ1) is 13.2. The minimum absolute atomic E-state index is 0.0536. The van der Waals surface area contributed by atoms with Gasteiger partial charge < -0.3 is 9.80 Å². The molecule has 27 heavy (non-hydrogen) atoms. The van der Waals surface area contributed by atoms with Gasteiger partial charge in [-0.15, -0.1) is 11.3 Å². The third kappa shape index (κ3) is 2.98. The zero-order chi connectivity index (χ0) is 18.4. The van der Waals surface area contributed by atoms with Crippen LogP contribution in [0.1, 0.15) is 22.6 Å². The number of amides is 1. The van der Waals surface area contributed by atoms with Gasteiger partial charge in [0.05, 0.1) is 22.6 Å². The van der Waals surface area contributed by atoms with Crippen LogP contribution in [0.25, 0.3) is 11.0 Å². The fourth-order valence-electron chi connectivity index (χ4n) is 4.23. The van der Waals surface area contributed by atoms with Crippen LogP contribution in [0.15, 0.2) is 35.7 Å². The monoisotopic (exact) mass is 378 g/mol. The van der Waals surface area contributed by atoms with Crippen molar-refractivity contribution in [1.82, 2.24) is 14.9 Å². The van der Waals surface area contributed by atoms with E-state index in [0.717, 1.165) is 61.6 Å². The van der Waals surface area contributed by atoms with Crippen LogP contribution in [0.5, 0.6) is 0 Å². The van der Waals surface area contributed by atoms with Gasteiger partial charge in [0, 0.05) is 31.1 Å². The Bertz CT molecular complexity index is 1010. The van der Waals surface area contributed by atoms with Gasteiger partial charge in [0.15, 0.2) is 5.82 Å². The molecule has 0 radical (unpaired) electrons. The highest BCUT2D eigenvalue weighted by Gasteiger charge is 2.34. The largest absolute Gasteiger partial charge is 0.354 e. The summed E-state index contributed by atoms with van der Waals surface area (Å²) in [6.07, 6.45) is 1.88. The first-order valence-corrected chi connectivity index (χ1v) is 10.4. The number of fused-ring (bicyclic) bond motifs is 2. The molecule has 0 bridgehead atoms. The van der Waals surface area contributed by atoms with E-state index in [1.165, 1.54) is 10.4 Å². The van der Waals surface area contributed by atoms with Gasteiger partial charge in [-0.1, -0.05) is 12.1 Å². The summed E-state index contributed by atoms with van der Waals surface area (Å²) in [4.78, 5) is 28.3. The highest BCUT2D eigenvalue weighted by molar-refractivity contribution is 7.10. The molecule has 4 heterocycles. The van der Waals surface area contributed by atoms with Crippen molar-refractivity contribution < 1.29 is 4.79 Å². The number of carbonyl (C=O) groups is 1. The highest BCUT2D eigenvalue weighted by atomic mass is 32.1. The lowest BCUT2D eigenvalue weighted by Crippen LogP contribution is -2.40. The molecule has 5 nitrogen and oxygen atoms in total. The first-order valence-electron chi connectivity index (χ1n) is 9.51. The molecule has 138 valence electrons. The molecule has 1 amide bonds. The Morgan fingerprint density at radius 2 is 1.96 bits per heavy atom. The van der Waals surface area contributed by atoms with Crippen molar-refractivity contribution in [3.8, 4) is 0 Å². The fraction of sp³-hybridized carbons (Fsp3) is 0.381. The van der Waals surface area contributed by atoms with Gasteiger partial charge in [0.25, 0.3) is 0 Å². The van der Waals surface area contributed by atoms with Crippen LogP contribution in [-0.4, -0.2) is 40.4 Å². The predicted octanol–water partition coefficient (Wildman–Crippen LogP) is 3.41. The number of para-hydroxylation sites is 2. The summed E-state index contributed by atoms with van der Waals surface area (Å²) in [6.45, 7) is 5.22. The zero-order valence-corrected chi connectivity index (χ0v) is 16.2. The minimum Gasteiger partial charge on any atom is -0.354 e. The van der Waals surface area contributed by atoms with Gasteiger partial charge in [-0.2, -0.15) is 0 Å². The highest BCUT2D eigenvalue weighted by Crippen LogP contribution is 2.29. The smallest absolute Gasteiger partial charge is 0.227 e. The summed E-state index contributed by atoms with van der Waals surface area (Å²) in [6, 6.07) is 10.1. The van der Waals surface area contributed by atoms with Crippen molar-refractivity contribution in [3.63, 3.8) is 0 Å². The van der Waals surface area contributed by atoms with Crippen molar-refractivity contribution in [2.45, 2.75) is 26.3 Å². The number of aromatic nitrogens is 2. The molecule has 1 fully saturated rings. The van der Waals surface area contributed by atoms with Crippen LogP contribution in [0.2, 0.25) is 0 Å². The molecule has 1 unspecified atom stereocenters. The van der Waals surface area contributed by atoms with Crippen molar-refractivity contribution >= 4 is 34.1 Å². The van der Waals surface area contributed by atoms with E-state index in [2.05, 4.69) is 16.3 Å². The zero-order valence-electron chi connectivity index (χ0n) is 15.4. The lowest BCUT2D eigenvalue weighted by atomic mass is 10.0. The van der Waals surface area contributed by atoms with Gasteiger partial charge in [-0.05, 0) is 48.9 Å². The van der Waals surface area contributed by atoms with E-state index in [-0.39, 0.29) is 5.92 Å². The molecule has 2 aliphatic heterocycles. The number of benzene rings is 1. The van der Waals surface area contributed by atoms with E-state index < -0.39 is 0 Å². The number of hydrogen-bond donors (Lipinski definition) is 0. The van der Waals surface area contributed by atoms with E-state index >= 15 is 0 Å². The van der Waals surface area contributed by atoms with Gasteiger partial charge in [0.2, 0.25) is 5.91 Å². The molecule has 0 N–H and O–H groups in total. The van der Waals surface area contributed by atoms with Gasteiger partial charge >= 0.3 is 0 Å². The quantitative estimate of drug-likeness (QED) is 0.686. The van der Waals surface area contributed by atoms with Crippen molar-refractivity contribution in [2.24, 2.45) is 5.92 Å². The Labute approximate surface area is 162 Å². The maximum absolute atomic E-state index is 13.1. The number of carbonyl (C=O) groups excluding carboxylic acids is 1. The van der Waals surface area contributed by atoms with Crippen LogP contribution >= 0.6 is 11.3 Å². The Morgan fingerprint density at radius 1 is 1.15 bits per heavy atom. The van der Waals surface area contributed by atoms with Crippen molar-refractivity contribution in [3.05, 3.63) is 51.8 Å². The van der Waals surface area contributed by atoms with Crippen molar-refractivity contribution in [2.75, 3.05) is 24.5 Å². The average Bonchev–Trinajstić information content (AvgIpc) is 3.35. The fourth-order valence-corrected chi connectivity index (χ4v) is 5.12. The van der Waals surface area contributed by atoms with Crippen LogP contribution < -0.4 is 4.90 Å². The second kappa shape index (κ2) is 6.60. The second-order valence-corrected chi connectivity index (χ2v) is 8.43. The Hall–Kier alpha value is -2.47. The molecule has 2 aromatic heterocycles. The van der Waals surface area contributed by atoms with E-state index in [9.17, 15) is 4.79 Å². The Balaban J connectivity index is 1.33. The number of hydrogen-bond acceptors (Lipinski definition) is 5. The summed E-state index contributed by atoms with van der Waals surface area (Å²) in [5.41, 5.74) is 4.09. The van der Waals surface area contributed by atoms with Crippen LogP contribution in [0.4, 0.5) is 5.82 Å². The predicted molar refractivity (Wildman–Crippen MR) is 108 cm³/mol. The molecule has 5 rings (SSSR count). The lowest BCUT2D eigenvalue weighted by molar-refractivity contribution is -0.135. The number of aryl methyl sites for hydroxylation is 1. The Morgan fingerprint density at radius 3 is 2.81 bits per heavy atom. The normalized spacial score (nSPS) is 19.5. The average molecular weight is 379 g/mol. The number of rotatable bonds is 2. The third-order valence-corrected chi connectivity index (χ3v) is 6.70. The van der Waals surface area contributed by atoms with Gasteiger partial charge in [-0.25, -0.2) is 9.97 Å². The molecule has 1 saturated heterocycles. The molecular weight excluding hydrogens is 356 g/mol. The van der Waals surface area contributed by atoms with E-state index in [1.54, 1.807) is 0 Å². The number of nitrogens with zero attached hydrogens (tertiary/aromatic N) is 4. The summed E-state index contributed by atoms with van der Waals surface area (Å²) in [5, 5.41) is 2.14. The first kappa shape index (κ1) is 16.7. The molecule has 1 aromatic carbocycles. The van der Waals surface area contributed by atoms with Gasteiger partial charge in [0.1, 0.15) is 0 Å². The minimum atomic E-state index is 0.0536. The molecule has 0 aliphatic carbocycles. The molecule has 6 heteroatoms. The van der Waals surface area contributed by atoms with Crippen LogP contribution in [0, 0.1) is 12.8 Å². The standard InChI is InChI=1S/C21H22N4OS/c1-14-20(23-18-5-3-2-4-17(18)22-14)24-9-6-16(13-24)21(26)25-10-7-19-15(12-25)8-11-27-19/h2-5,8,11,16H,6-7,9-10,12-13H2,1H3. The van der Waals surface area contributed by atoms with E-state index in [1.807, 2.05) is 47.4 Å². The van der Waals surface area contributed by atoms with Crippen LogP contribution in [-0.2, 0) is 17.8 Å². The Kier molecular flexibility index (Phi) is 4.08. The van der Waals surface area contributed by atoms with Crippen molar-refractivity contribution in [1.29, 1.82) is 0 Å². The SMILES string of the molecule is Cc1nc2ccccc2nc1N1CCC(C(=O)N2CCc3sccc3C2)C1. The molecule has 2 aliphatic rings. The maximum Gasteiger partial charge on any atom is 0.227 e. The summed E-state index contributed by atoms with van der Waals surface area (Å²) in [5.74, 6) is 1.27.